The van der Waals surface area contributed by atoms with Crippen molar-refractivity contribution in [3.05, 3.63) is 60.4 Å². The SMILES string of the molecule is COCCn1cc(Nc2nc3cccc(-c4ccc(CN5CCS(=O)(=O)CC5)cc4)n3n2)cn1. The van der Waals surface area contributed by atoms with E-state index in [9.17, 15) is 8.42 Å². The Balaban J connectivity index is 1.31. The van der Waals surface area contributed by atoms with Crippen molar-refractivity contribution < 1.29 is 13.2 Å². The van der Waals surface area contributed by atoms with Crippen LogP contribution in [0, 0.1) is 0 Å². The van der Waals surface area contributed by atoms with Gasteiger partial charge in [-0.3, -0.25) is 9.58 Å². The number of anilines is 2. The van der Waals surface area contributed by atoms with Gasteiger partial charge in [-0.05, 0) is 17.7 Å². The fraction of sp³-hybridized carbons (Fsp3) is 0.348. The van der Waals surface area contributed by atoms with E-state index in [1.807, 2.05) is 28.9 Å². The number of hydrogen-bond donors (Lipinski definition) is 1. The molecule has 0 radical (unpaired) electrons. The number of pyridine rings is 1. The van der Waals surface area contributed by atoms with Crippen LogP contribution in [0.1, 0.15) is 5.56 Å². The molecule has 1 aliphatic rings. The summed E-state index contributed by atoms with van der Waals surface area (Å²) >= 11 is 0. The molecule has 1 aliphatic heterocycles. The van der Waals surface area contributed by atoms with Crippen LogP contribution < -0.4 is 5.32 Å². The molecule has 0 amide bonds. The van der Waals surface area contributed by atoms with Gasteiger partial charge in [0.15, 0.2) is 15.5 Å². The molecule has 5 rings (SSSR count). The molecule has 1 aromatic carbocycles. The van der Waals surface area contributed by atoms with Crippen molar-refractivity contribution in [2.75, 3.05) is 43.6 Å². The first kappa shape index (κ1) is 22.5. The van der Waals surface area contributed by atoms with Crippen molar-refractivity contribution in [1.82, 2.24) is 29.3 Å². The zero-order chi connectivity index (χ0) is 23.5. The van der Waals surface area contributed by atoms with Gasteiger partial charge in [-0.2, -0.15) is 10.1 Å². The Morgan fingerprint density at radius 3 is 2.65 bits per heavy atom. The van der Waals surface area contributed by atoms with E-state index in [1.165, 1.54) is 0 Å². The van der Waals surface area contributed by atoms with Crippen LogP contribution in [0.15, 0.2) is 54.9 Å². The number of nitrogens with zero attached hydrogens (tertiary/aromatic N) is 6. The molecule has 4 aromatic rings. The summed E-state index contributed by atoms with van der Waals surface area (Å²) in [4.78, 5) is 6.78. The number of aromatic nitrogens is 5. The predicted octanol–water partition coefficient (Wildman–Crippen LogP) is 2.21. The minimum Gasteiger partial charge on any atom is -0.383 e. The maximum Gasteiger partial charge on any atom is 0.247 e. The predicted molar refractivity (Wildman–Crippen MR) is 130 cm³/mol. The number of benzene rings is 1. The molecule has 0 unspecified atom stereocenters. The zero-order valence-electron chi connectivity index (χ0n) is 19.0. The maximum absolute atomic E-state index is 11.6. The Labute approximate surface area is 198 Å². The third kappa shape index (κ3) is 5.11. The first-order valence-electron chi connectivity index (χ1n) is 11.2. The molecule has 3 aromatic heterocycles. The lowest BCUT2D eigenvalue weighted by Crippen LogP contribution is -2.39. The van der Waals surface area contributed by atoms with Crippen LogP contribution in [0.4, 0.5) is 11.6 Å². The number of hydrogen-bond acceptors (Lipinski definition) is 8. The molecular weight excluding hydrogens is 454 g/mol. The highest BCUT2D eigenvalue weighted by molar-refractivity contribution is 7.91. The topological polar surface area (TPSA) is 107 Å². The van der Waals surface area contributed by atoms with Gasteiger partial charge in [-0.25, -0.2) is 12.9 Å². The summed E-state index contributed by atoms with van der Waals surface area (Å²) in [6, 6.07) is 14.2. The lowest BCUT2D eigenvalue weighted by molar-refractivity contribution is 0.183. The van der Waals surface area contributed by atoms with Crippen LogP contribution in [0.3, 0.4) is 0 Å². The van der Waals surface area contributed by atoms with Gasteiger partial charge >= 0.3 is 0 Å². The van der Waals surface area contributed by atoms with E-state index in [4.69, 9.17) is 4.74 Å². The van der Waals surface area contributed by atoms with Crippen LogP contribution >= 0.6 is 0 Å². The molecule has 1 saturated heterocycles. The van der Waals surface area contributed by atoms with Crippen molar-refractivity contribution >= 4 is 27.1 Å². The van der Waals surface area contributed by atoms with Gasteiger partial charge in [0.1, 0.15) is 0 Å². The van der Waals surface area contributed by atoms with Crippen LogP contribution in [0.2, 0.25) is 0 Å². The Hall–Kier alpha value is -3.28. The summed E-state index contributed by atoms with van der Waals surface area (Å²) in [6.07, 6.45) is 3.63. The number of ether oxygens (including phenoxy) is 1. The Morgan fingerprint density at radius 2 is 1.88 bits per heavy atom. The average molecular weight is 482 g/mol. The summed E-state index contributed by atoms with van der Waals surface area (Å²) in [5.41, 5.74) is 4.67. The quantitative estimate of drug-likeness (QED) is 0.408. The highest BCUT2D eigenvalue weighted by Crippen LogP contribution is 2.23. The van der Waals surface area contributed by atoms with Crippen LogP contribution in [-0.4, -0.2) is 76.0 Å². The molecule has 34 heavy (non-hydrogen) atoms. The van der Waals surface area contributed by atoms with E-state index in [0.29, 0.717) is 32.2 Å². The van der Waals surface area contributed by atoms with Crippen LogP contribution in [-0.2, 0) is 27.7 Å². The molecule has 0 spiro atoms. The molecule has 178 valence electrons. The summed E-state index contributed by atoms with van der Waals surface area (Å²) < 4.78 is 32.0. The molecule has 4 heterocycles. The Kier molecular flexibility index (Phi) is 6.31. The molecule has 0 saturated carbocycles. The third-order valence-corrected chi connectivity index (χ3v) is 7.48. The number of fused-ring (bicyclic) bond motifs is 1. The summed E-state index contributed by atoms with van der Waals surface area (Å²) in [7, 11) is -1.20. The van der Waals surface area contributed by atoms with Crippen molar-refractivity contribution in [2.24, 2.45) is 0 Å². The highest BCUT2D eigenvalue weighted by Gasteiger charge is 2.21. The third-order valence-electron chi connectivity index (χ3n) is 5.87. The smallest absolute Gasteiger partial charge is 0.247 e. The van der Waals surface area contributed by atoms with E-state index < -0.39 is 9.84 Å². The van der Waals surface area contributed by atoms with E-state index in [0.717, 1.165) is 34.7 Å². The minimum absolute atomic E-state index is 0.240. The van der Waals surface area contributed by atoms with Gasteiger partial charge in [0.25, 0.3) is 0 Å². The number of methoxy groups -OCH3 is 1. The lowest BCUT2D eigenvalue weighted by Gasteiger charge is -2.26. The summed E-state index contributed by atoms with van der Waals surface area (Å²) in [6.45, 7) is 3.19. The minimum atomic E-state index is -2.86. The van der Waals surface area contributed by atoms with Gasteiger partial charge in [0.05, 0.1) is 42.2 Å². The van der Waals surface area contributed by atoms with Crippen molar-refractivity contribution in [3.63, 3.8) is 0 Å². The highest BCUT2D eigenvalue weighted by atomic mass is 32.2. The maximum atomic E-state index is 11.6. The van der Waals surface area contributed by atoms with Gasteiger partial charge in [0.2, 0.25) is 5.95 Å². The first-order chi connectivity index (χ1) is 16.5. The second-order valence-electron chi connectivity index (χ2n) is 8.35. The number of sulfone groups is 1. The van der Waals surface area contributed by atoms with E-state index in [-0.39, 0.29) is 11.5 Å². The molecule has 1 N–H and O–H groups in total. The van der Waals surface area contributed by atoms with Gasteiger partial charge in [-0.15, -0.1) is 5.10 Å². The van der Waals surface area contributed by atoms with E-state index in [1.54, 1.807) is 18.0 Å². The molecule has 10 nitrogen and oxygen atoms in total. The molecular formula is C23H27N7O3S. The van der Waals surface area contributed by atoms with E-state index in [2.05, 4.69) is 49.7 Å². The van der Waals surface area contributed by atoms with Gasteiger partial charge in [-0.1, -0.05) is 30.3 Å². The first-order valence-corrected chi connectivity index (χ1v) is 13.0. The fourth-order valence-corrected chi connectivity index (χ4v) is 5.27. The molecule has 1 fully saturated rings. The van der Waals surface area contributed by atoms with Gasteiger partial charge in [0, 0.05) is 38.5 Å². The van der Waals surface area contributed by atoms with E-state index >= 15 is 0 Å². The van der Waals surface area contributed by atoms with Crippen molar-refractivity contribution in [3.8, 4) is 11.3 Å². The molecule has 0 bridgehead atoms. The van der Waals surface area contributed by atoms with Gasteiger partial charge < -0.3 is 10.1 Å². The second kappa shape index (κ2) is 9.53. The largest absolute Gasteiger partial charge is 0.383 e. The number of rotatable bonds is 8. The summed E-state index contributed by atoms with van der Waals surface area (Å²) in [5, 5.41) is 12.2. The zero-order valence-corrected chi connectivity index (χ0v) is 19.8. The van der Waals surface area contributed by atoms with Crippen LogP contribution in [0.5, 0.6) is 0 Å². The normalized spacial score (nSPS) is 16.1. The second-order valence-corrected chi connectivity index (χ2v) is 10.7. The van der Waals surface area contributed by atoms with Crippen LogP contribution in [0.25, 0.3) is 16.9 Å². The summed E-state index contributed by atoms with van der Waals surface area (Å²) in [5.74, 6) is 0.975. The molecule has 0 atom stereocenters. The molecule has 0 aliphatic carbocycles. The average Bonchev–Trinajstić information content (AvgIpc) is 3.46. The Bertz CT molecular complexity index is 1370. The van der Waals surface area contributed by atoms with Crippen molar-refractivity contribution in [2.45, 2.75) is 13.1 Å². The monoisotopic (exact) mass is 481 g/mol. The number of nitrogens with one attached hydrogen (secondary N) is 1. The molecule has 11 heteroatoms. The fourth-order valence-electron chi connectivity index (χ4n) is 3.99. The Morgan fingerprint density at radius 1 is 1.09 bits per heavy atom. The standard InChI is InChI=1S/C23H27N7O3S/c1-33-12-9-29-17-20(15-24-29)25-23-26-22-4-2-3-21(30(22)27-23)19-7-5-18(6-8-19)16-28-10-13-34(31,32)14-11-28/h2-8,15,17H,9-14,16H2,1H3,(H,25,27). The van der Waals surface area contributed by atoms with Crippen molar-refractivity contribution in [1.29, 1.82) is 0 Å². The lowest BCUT2D eigenvalue weighted by atomic mass is 10.1.